The van der Waals surface area contributed by atoms with Gasteiger partial charge in [0.05, 0.1) is 11.4 Å². The second kappa shape index (κ2) is 13.4. The van der Waals surface area contributed by atoms with Gasteiger partial charge in [0, 0.05) is 22.0 Å². The lowest BCUT2D eigenvalue weighted by atomic mass is 10.0. The quantitative estimate of drug-likeness (QED) is 0.340. The van der Waals surface area contributed by atoms with E-state index in [4.69, 9.17) is 4.74 Å². The summed E-state index contributed by atoms with van der Waals surface area (Å²) in [5, 5.41) is 2.57. The van der Waals surface area contributed by atoms with Gasteiger partial charge < -0.3 is 15.0 Å². The van der Waals surface area contributed by atoms with E-state index < -0.39 is 29.6 Å². The highest BCUT2D eigenvalue weighted by atomic mass is 79.9. The van der Waals surface area contributed by atoms with Crippen molar-refractivity contribution in [3.05, 3.63) is 100 Å². The van der Waals surface area contributed by atoms with Crippen molar-refractivity contribution in [2.24, 2.45) is 4.99 Å². The summed E-state index contributed by atoms with van der Waals surface area (Å²) in [5.41, 5.74) is 7.45. The number of rotatable bonds is 7. The van der Waals surface area contributed by atoms with Crippen molar-refractivity contribution in [2.45, 2.75) is 38.8 Å². The molecule has 0 bridgehead atoms. The minimum absolute atomic E-state index is 0.158. The number of carbonyl (C=O) groups is 4. The highest BCUT2D eigenvalue weighted by molar-refractivity contribution is 9.10. The van der Waals surface area contributed by atoms with E-state index in [0.717, 1.165) is 15.6 Å². The molecule has 0 saturated heterocycles. The van der Waals surface area contributed by atoms with Gasteiger partial charge in [-0.25, -0.2) is 4.79 Å². The van der Waals surface area contributed by atoms with Crippen LogP contribution in [0.3, 0.4) is 0 Å². The van der Waals surface area contributed by atoms with E-state index in [1.165, 1.54) is 4.90 Å². The van der Waals surface area contributed by atoms with Crippen molar-refractivity contribution in [3.8, 4) is 0 Å². The summed E-state index contributed by atoms with van der Waals surface area (Å²) in [6.45, 7) is 4.62. The van der Waals surface area contributed by atoms with Crippen molar-refractivity contribution in [1.82, 2.24) is 16.2 Å². The number of carbonyl (C=O) groups excluding carboxylic acids is 4. The number of benzene rings is 3. The maximum atomic E-state index is 13.1. The number of hydrogen-bond donors (Lipinski definition) is 3. The Morgan fingerprint density at radius 3 is 2.31 bits per heavy atom. The van der Waals surface area contributed by atoms with Crippen LogP contribution in [0.25, 0.3) is 0 Å². The Labute approximate surface area is 252 Å². The summed E-state index contributed by atoms with van der Waals surface area (Å²) in [7, 11) is 0. The normalized spacial score (nSPS) is 13.7. The highest BCUT2D eigenvalue weighted by Gasteiger charge is 2.28. The largest absolute Gasteiger partial charge is 0.444 e. The van der Waals surface area contributed by atoms with E-state index in [-0.39, 0.29) is 25.4 Å². The van der Waals surface area contributed by atoms with E-state index >= 15 is 0 Å². The van der Waals surface area contributed by atoms with Crippen LogP contribution < -0.4 is 21.1 Å². The Morgan fingerprint density at radius 2 is 1.64 bits per heavy atom. The van der Waals surface area contributed by atoms with Crippen LogP contribution in [0.4, 0.5) is 10.5 Å². The fourth-order valence-electron chi connectivity index (χ4n) is 4.31. The zero-order valence-corrected chi connectivity index (χ0v) is 25.1. The Kier molecular flexibility index (Phi) is 9.74. The average Bonchev–Trinajstić information content (AvgIpc) is 3.07. The van der Waals surface area contributed by atoms with E-state index in [1.54, 1.807) is 32.9 Å². The van der Waals surface area contributed by atoms with Crippen LogP contribution >= 0.6 is 15.9 Å². The number of amides is 4. The summed E-state index contributed by atoms with van der Waals surface area (Å²) < 4.78 is 6.10. The number of nitrogens with zero attached hydrogens (tertiary/aromatic N) is 2. The predicted octanol–water partition coefficient (Wildman–Crippen LogP) is 3.92. The minimum Gasteiger partial charge on any atom is -0.444 e. The van der Waals surface area contributed by atoms with Gasteiger partial charge in [0.15, 0.2) is 0 Å². The van der Waals surface area contributed by atoms with Gasteiger partial charge in [-0.15, -0.1) is 0 Å². The van der Waals surface area contributed by atoms with Crippen LogP contribution in [0.2, 0.25) is 0 Å². The number of alkyl carbamates (subject to hydrolysis) is 1. The lowest BCUT2D eigenvalue weighted by molar-refractivity contribution is -0.129. The number of hydrogen-bond acceptors (Lipinski definition) is 6. The van der Waals surface area contributed by atoms with Crippen LogP contribution in [0.5, 0.6) is 0 Å². The zero-order chi connectivity index (χ0) is 30.3. The molecule has 4 rings (SSSR count). The smallest absolute Gasteiger partial charge is 0.408 e. The van der Waals surface area contributed by atoms with Crippen LogP contribution in [0, 0.1) is 0 Å². The topological polar surface area (TPSA) is 129 Å². The van der Waals surface area contributed by atoms with Gasteiger partial charge in [0.2, 0.25) is 5.91 Å². The molecule has 42 heavy (non-hydrogen) atoms. The molecule has 0 aliphatic carbocycles. The Balaban J connectivity index is 1.47. The molecule has 3 N–H and O–H groups in total. The first-order valence-corrected chi connectivity index (χ1v) is 14.1. The second-order valence-electron chi connectivity index (χ2n) is 10.6. The zero-order valence-electron chi connectivity index (χ0n) is 23.5. The minimum atomic E-state index is -1.04. The van der Waals surface area contributed by atoms with Crippen LogP contribution in [-0.2, 0) is 25.5 Å². The fourth-order valence-corrected chi connectivity index (χ4v) is 4.67. The summed E-state index contributed by atoms with van der Waals surface area (Å²) in [4.78, 5) is 57.6. The molecule has 1 aliphatic rings. The van der Waals surface area contributed by atoms with Crippen molar-refractivity contribution < 1.29 is 23.9 Å². The highest BCUT2D eigenvalue weighted by Crippen LogP contribution is 2.29. The molecule has 0 spiro atoms. The van der Waals surface area contributed by atoms with Gasteiger partial charge in [-0.05, 0) is 44.5 Å². The summed E-state index contributed by atoms with van der Waals surface area (Å²) in [6.07, 6.45) is -0.606. The molecule has 0 fully saturated rings. The number of hydrazine groups is 1. The van der Waals surface area contributed by atoms with Crippen LogP contribution in [-0.4, -0.2) is 54.3 Å². The third-order valence-electron chi connectivity index (χ3n) is 6.14. The number of nitrogens with one attached hydrogen (secondary N) is 3. The average molecular weight is 635 g/mol. The van der Waals surface area contributed by atoms with Crippen molar-refractivity contribution >= 4 is 51.1 Å². The maximum absolute atomic E-state index is 13.1. The first-order valence-electron chi connectivity index (χ1n) is 13.3. The monoisotopic (exact) mass is 633 g/mol. The standard InChI is InChI=1S/C31H32BrN5O5/c1-31(2,3)42-30(41)34-24(16-20-10-6-4-7-11-20)29(40)36-35-26(38)19-37-25-15-14-22(32)17-23(25)28(33-18-27(37)39)21-12-8-5-9-13-21/h4-15,17,24H,16,18-19H2,1-3H3,(H,34,41)(H,35,38)(H,36,40). The number of ether oxygens (including phenoxy) is 1. The first-order chi connectivity index (χ1) is 20.0. The van der Waals surface area contributed by atoms with Gasteiger partial charge in [-0.1, -0.05) is 76.6 Å². The molecule has 0 aromatic heterocycles. The van der Waals surface area contributed by atoms with E-state index in [0.29, 0.717) is 17.0 Å². The third-order valence-corrected chi connectivity index (χ3v) is 6.64. The second-order valence-corrected chi connectivity index (χ2v) is 11.5. The first kappa shape index (κ1) is 30.4. The SMILES string of the molecule is CC(C)(C)OC(=O)NC(Cc1ccccc1)C(=O)NNC(=O)CN1C(=O)CN=C(c2ccccc2)c2cc(Br)ccc21. The molecule has 1 unspecified atom stereocenters. The molecule has 3 aromatic carbocycles. The van der Waals surface area contributed by atoms with Gasteiger partial charge >= 0.3 is 6.09 Å². The van der Waals surface area contributed by atoms with E-state index in [1.807, 2.05) is 66.7 Å². The maximum Gasteiger partial charge on any atom is 0.408 e. The van der Waals surface area contributed by atoms with Gasteiger partial charge in [-0.2, -0.15) is 0 Å². The molecule has 218 valence electrons. The van der Waals surface area contributed by atoms with Crippen LogP contribution in [0.15, 0.2) is 88.3 Å². The fraction of sp³-hybridized carbons (Fsp3) is 0.258. The molecule has 1 aliphatic heterocycles. The molecule has 0 saturated carbocycles. The summed E-state index contributed by atoms with van der Waals surface area (Å²) in [5.74, 6) is -1.66. The molecule has 1 heterocycles. The van der Waals surface area contributed by atoms with Crippen molar-refractivity contribution in [1.29, 1.82) is 0 Å². The van der Waals surface area contributed by atoms with Gasteiger partial charge in [0.25, 0.3) is 11.8 Å². The van der Waals surface area contributed by atoms with E-state index in [9.17, 15) is 19.2 Å². The number of benzodiazepines with no additional fused rings is 1. The Bertz CT molecular complexity index is 1490. The summed E-state index contributed by atoms with van der Waals surface area (Å²) in [6, 6.07) is 22.9. The molecule has 11 heteroatoms. The Morgan fingerprint density at radius 1 is 0.976 bits per heavy atom. The lowest BCUT2D eigenvalue weighted by Gasteiger charge is -2.24. The number of halogens is 1. The number of fused-ring (bicyclic) bond motifs is 1. The van der Waals surface area contributed by atoms with Crippen molar-refractivity contribution in [3.63, 3.8) is 0 Å². The molecule has 1 atom stereocenters. The number of anilines is 1. The lowest BCUT2D eigenvalue weighted by Crippen LogP contribution is -2.55. The third kappa shape index (κ3) is 8.26. The molecule has 3 aromatic rings. The predicted molar refractivity (Wildman–Crippen MR) is 163 cm³/mol. The Hall–Kier alpha value is -4.51. The molecule has 0 radical (unpaired) electrons. The van der Waals surface area contributed by atoms with Gasteiger partial charge in [-0.3, -0.25) is 30.2 Å². The van der Waals surface area contributed by atoms with Gasteiger partial charge in [0.1, 0.15) is 24.7 Å². The van der Waals surface area contributed by atoms with Crippen molar-refractivity contribution in [2.75, 3.05) is 18.0 Å². The molecular formula is C31H32BrN5O5. The van der Waals surface area contributed by atoms with Crippen LogP contribution in [0.1, 0.15) is 37.5 Å². The summed E-state index contributed by atoms with van der Waals surface area (Å²) >= 11 is 3.49. The van der Waals surface area contributed by atoms with E-state index in [2.05, 4.69) is 37.1 Å². The number of aliphatic imine (C=N–C) groups is 1. The molecule has 10 nitrogen and oxygen atoms in total. The molecule has 4 amide bonds. The molecular weight excluding hydrogens is 602 g/mol.